The highest BCUT2D eigenvalue weighted by atomic mass is 35.5. The van der Waals surface area contributed by atoms with Crippen LogP contribution in [0.5, 0.6) is 0 Å². The first-order valence-electron chi connectivity index (χ1n) is 12.3. The predicted molar refractivity (Wildman–Crippen MR) is 127 cm³/mol. The van der Waals surface area contributed by atoms with Crippen LogP contribution in [0.1, 0.15) is 74.7 Å². The average molecular weight is 473 g/mol. The molecule has 2 saturated carbocycles. The quantitative estimate of drug-likeness (QED) is 0.612. The zero-order valence-electron chi connectivity index (χ0n) is 19.3. The lowest BCUT2D eigenvalue weighted by molar-refractivity contribution is -0.138. The number of piperidine rings is 1. The molecule has 1 saturated heterocycles. The van der Waals surface area contributed by atoms with Crippen LogP contribution in [0.25, 0.3) is 0 Å². The van der Waals surface area contributed by atoms with Gasteiger partial charge in [0.2, 0.25) is 5.91 Å². The highest BCUT2D eigenvalue weighted by Crippen LogP contribution is 2.44. The van der Waals surface area contributed by atoms with Gasteiger partial charge in [0.05, 0.1) is 18.6 Å². The van der Waals surface area contributed by atoms with Crippen LogP contribution < -0.4 is 5.69 Å². The van der Waals surface area contributed by atoms with Crippen molar-refractivity contribution in [2.24, 2.45) is 0 Å². The van der Waals surface area contributed by atoms with E-state index < -0.39 is 5.41 Å². The van der Waals surface area contributed by atoms with Crippen LogP contribution in [0.4, 0.5) is 0 Å². The van der Waals surface area contributed by atoms with Gasteiger partial charge in [-0.1, -0.05) is 36.6 Å². The first kappa shape index (κ1) is 22.7. The van der Waals surface area contributed by atoms with Gasteiger partial charge in [0.1, 0.15) is 5.82 Å². The molecule has 2 aromatic rings. The highest BCUT2D eigenvalue weighted by molar-refractivity contribution is 6.30. The normalized spacial score (nSPS) is 22.6. The van der Waals surface area contributed by atoms with Crippen molar-refractivity contribution in [1.82, 2.24) is 19.2 Å². The number of carbonyl (C=O) groups is 1. The molecule has 2 aliphatic carbocycles. The second-order valence-corrected chi connectivity index (χ2v) is 10.3. The zero-order chi connectivity index (χ0) is 23.0. The number of likely N-dealkylation sites (tertiary alicyclic amines) is 1. The molecule has 0 bridgehead atoms. The Balaban J connectivity index is 1.41. The maximum atomic E-state index is 14.0. The molecule has 1 atom stereocenters. The molecule has 1 aromatic heterocycles. The third-order valence-electron chi connectivity index (χ3n) is 7.65. The number of hydrogen-bond donors (Lipinski definition) is 0. The topological polar surface area (TPSA) is 69.4 Å². The lowest BCUT2D eigenvalue weighted by Gasteiger charge is -2.39. The second kappa shape index (κ2) is 9.26. The summed E-state index contributed by atoms with van der Waals surface area (Å²) < 4.78 is 8.61. The molecule has 2 heterocycles. The fraction of sp³-hybridized carbons (Fsp3) is 0.640. The summed E-state index contributed by atoms with van der Waals surface area (Å²) in [7, 11) is 1.63. The van der Waals surface area contributed by atoms with Crippen LogP contribution in [0.3, 0.4) is 0 Å². The number of methoxy groups -OCH3 is 1. The summed E-state index contributed by atoms with van der Waals surface area (Å²) in [5.41, 5.74) is 0.581. The Morgan fingerprint density at radius 2 is 1.88 bits per heavy atom. The molecular weight excluding hydrogens is 440 g/mol. The second-order valence-electron chi connectivity index (χ2n) is 9.84. The van der Waals surface area contributed by atoms with Crippen molar-refractivity contribution in [3.63, 3.8) is 0 Å². The molecule has 0 spiro atoms. The maximum absolute atomic E-state index is 14.0. The van der Waals surface area contributed by atoms with E-state index in [1.54, 1.807) is 11.8 Å². The van der Waals surface area contributed by atoms with Gasteiger partial charge in [-0.25, -0.2) is 9.48 Å². The van der Waals surface area contributed by atoms with Gasteiger partial charge in [0.15, 0.2) is 0 Å². The van der Waals surface area contributed by atoms with E-state index in [4.69, 9.17) is 21.4 Å². The first-order valence-corrected chi connectivity index (χ1v) is 12.6. The molecule has 7 nitrogen and oxygen atoms in total. The van der Waals surface area contributed by atoms with Crippen LogP contribution in [0.2, 0.25) is 5.02 Å². The fourth-order valence-electron chi connectivity index (χ4n) is 5.76. The van der Waals surface area contributed by atoms with E-state index in [1.807, 2.05) is 33.7 Å². The monoisotopic (exact) mass is 472 g/mol. The number of ether oxygens (including phenoxy) is 1. The molecule has 0 N–H and O–H groups in total. The molecule has 1 aliphatic heterocycles. The number of carbonyl (C=O) groups excluding carboxylic acids is 1. The average Bonchev–Trinajstić information content (AvgIpc) is 3.44. The van der Waals surface area contributed by atoms with Crippen molar-refractivity contribution in [1.29, 1.82) is 0 Å². The van der Waals surface area contributed by atoms with E-state index in [0.29, 0.717) is 24.7 Å². The van der Waals surface area contributed by atoms with Crippen LogP contribution >= 0.6 is 11.6 Å². The van der Waals surface area contributed by atoms with E-state index in [9.17, 15) is 9.59 Å². The number of amides is 1. The summed E-state index contributed by atoms with van der Waals surface area (Å²) in [6, 6.07) is 8.09. The largest absolute Gasteiger partial charge is 0.383 e. The van der Waals surface area contributed by atoms with E-state index in [2.05, 4.69) is 0 Å². The molecule has 8 heteroatoms. The summed E-state index contributed by atoms with van der Waals surface area (Å²) in [6.07, 6.45) is 7.82. The minimum Gasteiger partial charge on any atom is -0.383 e. The van der Waals surface area contributed by atoms with Gasteiger partial charge in [-0.3, -0.25) is 9.36 Å². The Bertz CT molecular complexity index is 1050. The number of nitrogens with zero attached hydrogens (tertiary/aromatic N) is 4. The van der Waals surface area contributed by atoms with Crippen LogP contribution in [0, 0.1) is 0 Å². The molecule has 0 radical (unpaired) electrons. The van der Waals surface area contributed by atoms with Gasteiger partial charge in [-0.15, -0.1) is 0 Å². The first-order chi connectivity index (χ1) is 16.0. The Hall–Kier alpha value is -2.12. The number of halogens is 1. The van der Waals surface area contributed by atoms with E-state index >= 15 is 0 Å². The lowest BCUT2D eigenvalue weighted by atomic mass is 9.77. The molecule has 33 heavy (non-hydrogen) atoms. The van der Waals surface area contributed by atoms with Gasteiger partial charge >= 0.3 is 5.69 Å². The number of hydrogen-bond acceptors (Lipinski definition) is 4. The minimum absolute atomic E-state index is 0.0403. The van der Waals surface area contributed by atoms with Crippen molar-refractivity contribution in [3.05, 3.63) is 51.2 Å². The van der Waals surface area contributed by atoms with E-state index in [0.717, 1.165) is 69.3 Å². The summed E-state index contributed by atoms with van der Waals surface area (Å²) in [5, 5.41) is 5.44. The standard InChI is InChI=1S/C25H33ClN4O3/c1-33-16-15-29-24(32)30(21-10-11-21)22(27-29)18-5-4-14-28(17-18)23(31)25(12-2-3-13-25)19-6-8-20(26)9-7-19/h6-9,18,21H,2-5,10-17H2,1H3. The van der Waals surface area contributed by atoms with Gasteiger partial charge in [0, 0.05) is 37.2 Å². The summed E-state index contributed by atoms with van der Waals surface area (Å²) in [4.78, 5) is 29.1. The Kier molecular flexibility index (Phi) is 6.36. The maximum Gasteiger partial charge on any atom is 0.346 e. The summed E-state index contributed by atoms with van der Waals surface area (Å²) in [6.45, 7) is 2.31. The molecular formula is C25H33ClN4O3. The SMILES string of the molecule is COCCn1nc(C2CCCN(C(=O)C3(c4ccc(Cl)cc4)CCCC3)C2)n(C2CC2)c1=O. The fourth-order valence-corrected chi connectivity index (χ4v) is 5.89. The van der Waals surface area contributed by atoms with Crippen molar-refractivity contribution in [3.8, 4) is 0 Å². The minimum atomic E-state index is -0.458. The molecule has 1 unspecified atom stereocenters. The van der Waals surface area contributed by atoms with Crippen molar-refractivity contribution >= 4 is 17.5 Å². The van der Waals surface area contributed by atoms with Crippen LogP contribution in [-0.4, -0.2) is 52.0 Å². The van der Waals surface area contributed by atoms with E-state index in [-0.39, 0.29) is 23.6 Å². The van der Waals surface area contributed by atoms with Crippen molar-refractivity contribution in [2.45, 2.75) is 75.3 Å². The molecule has 3 fully saturated rings. The Morgan fingerprint density at radius 1 is 1.15 bits per heavy atom. The highest BCUT2D eigenvalue weighted by Gasteiger charge is 2.46. The van der Waals surface area contributed by atoms with Gasteiger partial charge in [0.25, 0.3) is 0 Å². The van der Waals surface area contributed by atoms with Gasteiger partial charge in [-0.2, -0.15) is 5.10 Å². The smallest absolute Gasteiger partial charge is 0.346 e. The molecule has 1 amide bonds. The summed E-state index contributed by atoms with van der Waals surface area (Å²) in [5.74, 6) is 1.16. The lowest BCUT2D eigenvalue weighted by Crippen LogP contribution is -2.49. The number of rotatable bonds is 7. The molecule has 3 aliphatic rings. The zero-order valence-corrected chi connectivity index (χ0v) is 20.1. The van der Waals surface area contributed by atoms with Crippen LogP contribution in [0.15, 0.2) is 29.1 Å². The third-order valence-corrected chi connectivity index (χ3v) is 7.91. The van der Waals surface area contributed by atoms with Gasteiger partial charge < -0.3 is 9.64 Å². The van der Waals surface area contributed by atoms with Crippen molar-refractivity contribution in [2.75, 3.05) is 26.8 Å². The number of benzene rings is 1. The Morgan fingerprint density at radius 3 is 2.55 bits per heavy atom. The number of aromatic nitrogens is 3. The van der Waals surface area contributed by atoms with Gasteiger partial charge in [-0.05, 0) is 56.2 Å². The molecule has 178 valence electrons. The predicted octanol–water partition coefficient (Wildman–Crippen LogP) is 3.90. The van der Waals surface area contributed by atoms with E-state index in [1.165, 1.54) is 0 Å². The summed E-state index contributed by atoms with van der Waals surface area (Å²) >= 11 is 6.13. The van der Waals surface area contributed by atoms with Crippen LogP contribution in [-0.2, 0) is 21.5 Å². The molecule has 5 rings (SSSR count). The molecule has 1 aromatic carbocycles. The Labute approximate surface area is 199 Å². The third kappa shape index (κ3) is 4.26. The van der Waals surface area contributed by atoms with Crippen molar-refractivity contribution < 1.29 is 9.53 Å².